The number of alkyl carbamates (subject to hydrolysis) is 1. The normalized spacial score (nSPS) is 12.4. The predicted molar refractivity (Wildman–Crippen MR) is 88.8 cm³/mol. The highest BCUT2D eigenvalue weighted by molar-refractivity contribution is 7.19. The summed E-state index contributed by atoms with van der Waals surface area (Å²) in [7, 11) is 0. The van der Waals surface area contributed by atoms with E-state index < -0.39 is 23.7 Å². The number of carboxylic acid groups (broad SMARTS) is 1. The van der Waals surface area contributed by atoms with Gasteiger partial charge in [0.15, 0.2) is 5.01 Å². The Labute approximate surface area is 142 Å². The second-order valence-corrected chi connectivity index (χ2v) is 7.20. The number of hydrogen-bond donors (Lipinski definition) is 2. The van der Waals surface area contributed by atoms with Gasteiger partial charge in [0.2, 0.25) is 0 Å². The van der Waals surface area contributed by atoms with Gasteiger partial charge < -0.3 is 15.2 Å². The van der Waals surface area contributed by atoms with Crippen LogP contribution in [0.25, 0.3) is 10.2 Å². The van der Waals surface area contributed by atoms with E-state index in [0.29, 0.717) is 10.5 Å². The molecule has 0 fully saturated rings. The molecule has 2 N–H and O–H groups in total. The fourth-order valence-electron chi connectivity index (χ4n) is 2.03. The minimum Gasteiger partial charge on any atom is -0.480 e. The molecule has 126 valence electrons. The summed E-state index contributed by atoms with van der Waals surface area (Å²) in [5.41, 5.74) is 0.703. The molecule has 8 heteroatoms. The highest BCUT2D eigenvalue weighted by atomic mass is 32.1. The van der Waals surface area contributed by atoms with Crippen molar-refractivity contribution in [3.8, 4) is 6.07 Å². The lowest BCUT2D eigenvalue weighted by molar-refractivity contribution is -0.139. The van der Waals surface area contributed by atoms with E-state index in [9.17, 15) is 14.7 Å². The first-order valence-corrected chi connectivity index (χ1v) is 8.01. The smallest absolute Gasteiger partial charge is 0.408 e. The zero-order chi connectivity index (χ0) is 17.9. The fourth-order valence-corrected chi connectivity index (χ4v) is 2.86. The molecule has 0 saturated heterocycles. The molecule has 24 heavy (non-hydrogen) atoms. The molecule has 0 aliphatic heterocycles. The SMILES string of the molecule is CC(C)(C)OC(=O)NC(Cc1ccc2nc(C#N)sc2c1)C(=O)O. The van der Waals surface area contributed by atoms with Crippen molar-refractivity contribution < 1.29 is 19.4 Å². The number of hydrogen-bond acceptors (Lipinski definition) is 6. The minimum atomic E-state index is -1.15. The third kappa shape index (κ3) is 4.67. The van der Waals surface area contributed by atoms with Crippen LogP contribution in [-0.4, -0.2) is 33.8 Å². The number of nitrogens with zero attached hydrogens (tertiary/aromatic N) is 2. The molecule has 0 radical (unpaired) electrons. The fraction of sp³-hybridized carbons (Fsp3) is 0.375. The molecular formula is C16H17N3O4S. The first-order valence-electron chi connectivity index (χ1n) is 7.20. The molecule has 0 bridgehead atoms. The first-order chi connectivity index (χ1) is 11.2. The summed E-state index contributed by atoms with van der Waals surface area (Å²) in [6.45, 7) is 5.10. The third-order valence-electron chi connectivity index (χ3n) is 2.98. The van der Waals surface area contributed by atoms with E-state index in [-0.39, 0.29) is 6.42 Å². The van der Waals surface area contributed by atoms with Gasteiger partial charge in [-0.1, -0.05) is 6.07 Å². The Morgan fingerprint density at radius 1 is 1.46 bits per heavy atom. The Morgan fingerprint density at radius 3 is 2.75 bits per heavy atom. The highest BCUT2D eigenvalue weighted by Crippen LogP contribution is 2.23. The minimum absolute atomic E-state index is 0.101. The van der Waals surface area contributed by atoms with Crippen LogP contribution in [0.4, 0.5) is 4.79 Å². The monoisotopic (exact) mass is 347 g/mol. The summed E-state index contributed by atoms with van der Waals surface area (Å²) in [5, 5.41) is 20.9. The second-order valence-electron chi connectivity index (χ2n) is 6.17. The molecule has 2 aromatic rings. The number of nitrogens with one attached hydrogen (secondary N) is 1. The van der Waals surface area contributed by atoms with E-state index in [4.69, 9.17) is 10.00 Å². The number of rotatable bonds is 4. The number of thiazole rings is 1. The Bertz CT molecular complexity index is 817. The molecule has 1 aromatic carbocycles. The van der Waals surface area contributed by atoms with Crippen LogP contribution in [0.2, 0.25) is 0 Å². The molecule has 2 rings (SSSR count). The van der Waals surface area contributed by atoms with Crippen LogP contribution in [0.5, 0.6) is 0 Å². The number of aromatic nitrogens is 1. The van der Waals surface area contributed by atoms with Gasteiger partial charge in [0.1, 0.15) is 17.7 Å². The number of nitriles is 1. The second kappa shape index (κ2) is 6.84. The predicted octanol–water partition coefficient (Wildman–Crippen LogP) is 2.69. The molecule has 0 saturated carbocycles. The molecule has 0 aliphatic carbocycles. The molecule has 1 unspecified atom stereocenters. The number of carbonyl (C=O) groups is 2. The Morgan fingerprint density at radius 2 is 2.17 bits per heavy atom. The summed E-state index contributed by atoms with van der Waals surface area (Å²) in [6, 6.07) is 6.11. The lowest BCUT2D eigenvalue weighted by Gasteiger charge is -2.22. The van der Waals surface area contributed by atoms with Crippen molar-refractivity contribution in [3.63, 3.8) is 0 Å². The van der Waals surface area contributed by atoms with E-state index in [1.807, 2.05) is 6.07 Å². The molecule has 0 aliphatic rings. The van der Waals surface area contributed by atoms with Crippen LogP contribution in [0.15, 0.2) is 18.2 Å². The summed E-state index contributed by atoms with van der Waals surface area (Å²) < 4.78 is 5.88. The van der Waals surface area contributed by atoms with Gasteiger partial charge in [-0.2, -0.15) is 5.26 Å². The standard InChI is InChI=1S/C16H17N3O4S/c1-16(2,3)23-15(22)19-11(14(20)21)6-9-4-5-10-12(7-9)24-13(8-17)18-10/h4-5,7,11H,6H2,1-3H3,(H,19,22)(H,20,21). The summed E-state index contributed by atoms with van der Waals surface area (Å²) in [4.78, 5) is 27.3. The number of aliphatic carboxylic acids is 1. The van der Waals surface area contributed by atoms with E-state index in [0.717, 1.165) is 10.3 Å². The molecular weight excluding hydrogens is 330 g/mol. The van der Waals surface area contributed by atoms with Crippen LogP contribution in [0.3, 0.4) is 0 Å². The van der Waals surface area contributed by atoms with Crippen molar-refractivity contribution in [1.29, 1.82) is 5.26 Å². The summed E-state index contributed by atoms with van der Waals surface area (Å²) in [6.07, 6.45) is -0.676. The van der Waals surface area contributed by atoms with Crippen LogP contribution < -0.4 is 5.32 Å². The number of carboxylic acids is 1. The van der Waals surface area contributed by atoms with Crippen molar-refractivity contribution in [2.24, 2.45) is 0 Å². The number of amides is 1. The molecule has 0 spiro atoms. The van der Waals surface area contributed by atoms with Gasteiger partial charge in [-0.15, -0.1) is 11.3 Å². The van der Waals surface area contributed by atoms with Crippen LogP contribution in [-0.2, 0) is 16.0 Å². The van der Waals surface area contributed by atoms with E-state index in [1.54, 1.807) is 39.0 Å². The van der Waals surface area contributed by atoms with Crippen molar-refractivity contribution in [2.75, 3.05) is 0 Å². The van der Waals surface area contributed by atoms with Gasteiger partial charge >= 0.3 is 12.1 Å². The van der Waals surface area contributed by atoms with Gasteiger partial charge in [0.25, 0.3) is 0 Å². The number of benzene rings is 1. The first kappa shape index (κ1) is 17.7. The largest absolute Gasteiger partial charge is 0.480 e. The van der Waals surface area contributed by atoms with Crippen LogP contribution in [0.1, 0.15) is 31.3 Å². The van der Waals surface area contributed by atoms with Crippen molar-refractivity contribution in [1.82, 2.24) is 10.3 Å². The average molecular weight is 347 g/mol. The third-order valence-corrected chi connectivity index (χ3v) is 3.90. The summed E-state index contributed by atoms with van der Waals surface area (Å²) in [5.74, 6) is -1.15. The number of ether oxygens (including phenoxy) is 1. The molecule has 1 heterocycles. The maximum atomic E-state index is 11.8. The topological polar surface area (TPSA) is 112 Å². The zero-order valence-electron chi connectivity index (χ0n) is 13.5. The lowest BCUT2D eigenvalue weighted by atomic mass is 10.1. The van der Waals surface area contributed by atoms with Crippen LogP contribution >= 0.6 is 11.3 Å². The molecule has 1 atom stereocenters. The van der Waals surface area contributed by atoms with E-state index in [1.165, 1.54) is 11.3 Å². The highest BCUT2D eigenvalue weighted by Gasteiger charge is 2.24. The van der Waals surface area contributed by atoms with E-state index in [2.05, 4.69) is 10.3 Å². The van der Waals surface area contributed by atoms with Crippen molar-refractivity contribution in [2.45, 2.75) is 38.8 Å². The zero-order valence-corrected chi connectivity index (χ0v) is 14.3. The molecule has 1 aromatic heterocycles. The quantitative estimate of drug-likeness (QED) is 0.879. The molecule has 7 nitrogen and oxygen atoms in total. The van der Waals surface area contributed by atoms with Gasteiger partial charge in [-0.25, -0.2) is 14.6 Å². The average Bonchev–Trinajstić information content (AvgIpc) is 2.86. The van der Waals surface area contributed by atoms with Crippen molar-refractivity contribution >= 4 is 33.6 Å². The number of carbonyl (C=O) groups excluding carboxylic acids is 1. The van der Waals surface area contributed by atoms with Crippen molar-refractivity contribution in [3.05, 3.63) is 28.8 Å². The van der Waals surface area contributed by atoms with Gasteiger partial charge in [-0.3, -0.25) is 0 Å². The maximum Gasteiger partial charge on any atom is 0.408 e. The van der Waals surface area contributed by atoms with E-state index >= 15 is 0 Å². The molecule has 1 amide bonds. The Kier molecular flexibility index (Phi) is 5.04. The van der Waals surface area contributed by atoms with Gasteiger partial charge in [-0.05, 0) is 38.5 Å². The maximum absolute atomic E-state index is 11.8. The van der Waals surface area contributed by atoms with Gasteiger partial charge in [0, 0.05) is 6.42 Å². The lowest BCUT2D eigenvalue weighted by Crippen LogP contribution is -2.44. The number of fused-ring (bicyclic) bond motifs is 1. The van der Waals surface area contributed by atoms with Gasteiger partial charge in [0.05, 0.1) is 10.2 Å². The Hall–Kier alpha value is -2.66. The Balaban J connectivity index is 2.14. The van der Waals surface area contributed by atoms with Crippen LogP contribution in [0, 0.1) is 11.3 Å². The summed E-state index contributed by atoms with van der Waals surface area (Å²) >= 11 is 1.24.